The van der Waals surface area contributed by atoms with E-state index in [2.05, 4.69) is 57.2 Å². The molecule has 0 saturated carbocycles. The molecule has 2 aliphatic rings. The van der Waals surface area contributed by atoms with Crippen molar-refractivity contribution in [1.82, 2.24) is 13.9 Å². The Kier molecular flexibility index (Phi) is 2.88. The van der Waals surface area contributed by atoms with Gasteiger partial charge in [0.15, 0.2) is 0 Å². The van der Waals surface area contributed by atoms with E-state index in [0.29, 0.717) is 5.69 Å². The van der Waals surface area contributed by atoms with Crippen molar-refractivity contribution in [3.05, 3.63) is 62.4 Å². The zero-order valence-electron chi connectivity index (χ0n) is 14.4. The summed E-state index contributed by atoms with van der Waals surface area (Å²) in [5.74, 6) is 0. The van der Waals surface area contributed by atoms with Crippen LogP contribution in [0.25, 0.3) is 5.69 Å². The quantitative estimate of drug-likeness (QED) is 0.392. The lowest BCUT2D eigenvalue weighted by Gasteiger charge is -2.37. The third-order valence-corrected chi connectivity index (χ3v) is 8.76. The Labute approximate surface area is 153 Å². The smallest absolute Gasteiger partial charge is 0.245 e. The molecule has 126 valence electrons. The van der Waals surface area contributed by atoms with Gasteiger partial charge >= 0.3 is 11.4 Å². The van der Waals surface area contributed by atoms with Gasteiger partial charge in [-0.3, -0.25) is 0 Å². The molecule has 0 amide bonds. The zero-order valence-corrected chi connectivity index (χ0v) is 16.6. The van der Waals surface area contributed by atoms with E-state index < -0.39 is 11.1 Å². The second-order valence-corrected chi connectivity index (χ2v) is 9.41. The Morgan fingerprint density at radius 1 is 0.833 bits per heavy atom. The molecule has 2 aromatic rings. The highest BCUT2D eigenvalue weighted by Crippen LogP contribution is 2.64. The summed E-state index contributed by atoms with van der Waals surface area (Å²) in [7, 11) is 0. The van der Waals surface area contributed by atoms with Crippen LogP contribution in [0.15, 0.2) is 51.1 Å². The average Bonchev–Trinajstić information content (AvgIpc) is 2.93. The fourth-order valence-corrected chi connectivity index (χ4v) is 5.91. The molecule has 1 aliphatic heterocycles. The molecule has 0 radical (unpaired) electrons. The first-order chi connectivity index (χ1) is 11.1. The van der Waals surface area contributed by atoms with Crippen LogP contribution >= 0.6 is 22.6 Å². The number of allylic oxidation sites excluding steroid dienone is 2. The van der Waals surface area contributed by atoms with Crippen molar-refractivity contribution in [2.45, 2.75) is 49.1 Å². The lowest BCUT2D eigenvalue weighted by molar-refractivity contribution is 0.327. The molecule has 1 aliphatic carbocycles. The molecule has 0 N–H and O–H groups in total. The standard InChI is InChI=1S/C18H20IN3O2/c1-11-12(2)17(4)18(5,19)16(11,3)21-14(23)20(15(24)22(17)21)13-9-7-6-8-10-13/h6-10H,1-5H3/t16-,17+,18?. The molecule has 1 unspecified atom stereocenters. The van der Waals surface area contributed by atoms with Crippen molar-refractivity contribution in [1.29, 1.82) is 0 Å². The van der Waals surface area contributed by atoms with Crippen LogP contribution in [0.5, 0.6) is 0 Å². The molecular formula is C18H20IN3O2. The molecule has 1 aromatic carbocycles. The molecule has 0 spiro atoms. The Balaban J connectivity index is 2.17. The Morgan fingerprint density at radius 2 is 1.25 bits per heavy atom. The van der Waals surface area contributed by atoms with E-state index in [0.717, 1.165) is 0 Å². The summed E-state index contributed by atoms with van der Waals surface area (Å²) in [5.41, 5.74) is 1.37. The first-order valence-electron chi connectivity index (χ1n) is 8.02. The zero-order chi connectivity index (χ0) is 17.7. The summed E-state index contributed by atoms with van der Waals surface area (Å²) in [6.45, 7) is 10.4. The van der Waals surface area contributed by atoms with Crippen molar-refractivity contribution in [3.63, 3.8) is 0 Å². The second kappa shape index (κ2) is 4.33. The molecule has 0 saturated heterocycles. The number of aromatic nitrogens is 3. The molecule has 2 heterocycles. The first-order valence-corrected chi connectivity index (χ1v) is 9.10. The van der Waals surface area contributed by atoms with Crippen LogP contribution in [0.2, 0.25) is 0 Å². The maximum absolute atomic E-state index is 13.2. The molecule has 5 nitrogen and oxygen atoms in total. The Morgan fingerprint density at radius 3 is 1.67 bits per heavy atom. The molecule has 24 heavy (non-hydrogen) atoms. The van der Waals surface area contributed by atoms with Crippen LogP contribution in [-0.2, 0) is 11.1 Å². The van der Waals surface area contributed by atoms with Crippen LogP contribution in [-0.4, -0.2) is 17.4 Å². The average molecular weight is 437 g/mol. The fraction of sp³-hybridized carbons (Fsp3) is 0.444. The lowest BCUT2D eigenvalue weighted by atomic mass is 9.80. The minimum absolute atomic E-state index is 0.271. The molecule has 3 atom stereocenters. The second-order valence-electron chi connectivity index (χ2n) is 7.26. The summed E-state index contributed by atoms with van der Waals surface area (Å²) in [6, 6.07) is 9.14. The van der Waals surface area contributed by atoms with Crippen LogP contribution in [0.4, 0.5) is 0 Å². The number of nitrogens with zero attached hydrogens (tertiary/aromatic N) is 3. The molecule has 2 bridgehead atoms. The maximum Gasteiger partial charge on any atom is 0.352 e. The highest BCUT2D eigenvalue weighted by molar-refractivity contribution is 14.1. The van der Waals surface area contributed by atoms with Gasteiger partial charge in [0.2, 0.25) is 0 Å². The monoisotopic (exact) mass is 437 g/mol. The van der Waals surface area contributed by atoms with Crippen LogP contribution in [0.1, 0.15) is 34.6 Å². The van der Waals surface area contributed by atoms with Gasteiger partial charge in [0, 0.05) is 0 Å². The van der Waals surface area contributed by atoms with Gasteiger partial charge in [-0.15, -0.1) is 0 Å². The number of alkyl halides is 1. The summed E-state index contributed by atoms with van der Waals surface area (Å²) in [4.78, 5) is 26.5. The maximum atomic E-state index is 13.2. The molecule has 6 heteroatoms. The van der Waals surface area contributed by atoms with Gasteiger partial charge in [0.25, 0.3) is 0 Å². The van der Waals surface area contributed by atoms with Crippen molar-refractivity contribution in [3.8, 4) is 5.69 Å². The van der Waals surface area contributed by atoms with Gasteiger partial charge < -0.3 is 0 Å². The van der Waals surface area contributed by atoms with Crippen molar-refractivity contribution >= 4 is 22.6 Å². The predicted octanol–water partition coefficient (Wildman–Crippen LogP) is 2.79. The largest absolute Gasteiger partial charge is 0.352 e. The van der Waals surface area contributed by atoms with Crippen molar-refractivity contribution in [2.75, 3.05) is 0 Å². The number of fused-ring (bicyclic) bond motifs is 5. The highest BCUT2D eigenvalue weighted by Gasteiger charge is 2.71. The molecular weight excluding hydrogens is 417 g/mol. The van der Waals surface area contributed by atoms with E-state index in [1.165, 1.54) is 15.7 Å². The van der Waals surface area contributed by atoms with E-state index in [4.69, 9.17) is 0 Å². The predicted molar refractivity (Wildman–Crippen MR) is 102 cm³/mol. The van der Waals surface area contributed by atoms with E-state index in [1.807, 2.05) is 18.2 Å². The molecule has 1 aromatic heterocycles. The SMILES string of the molecule is CC1=C(C)[C@]2(C)n3c(=O)n(-c4ccccc4)c(=O)n3[C@@]1(C)C2(C)I. The first kappa shape index (κ1) is 15.9. The van der Waals surface area contributed by atoms with Crippen LogP contribution < -0.4 is 11.4 Å². The number of halogens is 1. The minimum Gasteiger partial charge on any atom is -0.245 e. The van der Waals surface area contributed by atoms with Gasteiger partial charge in [-0.1, -0.05) is 40.8 Å². The number of para-hydroxylation sites is 1. The number of hydrogen-bond donors (Lipinski definition) is 0. The van der Waals surface area contributed by atoms with Crippen LogP contribution in [0.3, 0.4) is 0 Å². The Hall–Kier alpha value is -1.57. The summed E-state index contributed by atoms with van der Waals surface area (Å²) >= 11 is 2.43. The van der Waals surface area contributed by atoms with Crippen LogP contribution in [0, 0.1) is 0 Å². The normalized spacial score (nSPS) is 34.1. The van der Waals surface area contributed by atoms with Crippen molar-refractivity contribution in [2.24, 2.45) is 0 Å². The van der Waals surface area contributed by atoms with Gasteiger partial charge in [0.1, 0.15) is 11.1 Å². The van der Waals surface area contributed by atoms with E-state index in [1.54, 1.807) is 21.5 Å². The van der Waals surface area contributed by atoms with Gasteiger partial charge in [-0.25, -0.2) is 23.5 Å². The molecule has 4 rings (SSSR count). The van der Waals surface area contributed by atoms with E-state index in [9.17, 15) is 9.59 Å². The van der Waals surface area contributed by atoms with E-state index >= 15 is 0 Å². The topological polar surface area (TPSA) is 48.9 Å². The highest BCUT2D eigenvalue weighted by atomic mass is 127. The number of benzene rings is 1. The van der Waals surface area contributed by atoms with E-state index in [-0.39, 0.29) is 14.8 Å². The summed E-state index contributed by atoms with van der Waals surface area (Å²) < 4.78 is 4.35. The molecule has 0 fully saturated rings. The third-order valence-electron chi connectivity index (χ3n) is 6.66. The van der Waals surface area contributed by atoms with Crippen molar-refractivity contribution < 1.29 is 0 Å². The van der Waals surface area contributed by atoms with Gasteiger partial charge in [-0.05, 0) is 57.9 Å². The summed E-state index contributed by atoms with van der Waals surface area (Å²) in [6.07, 6.45) is 0. The third kappa shape index (κ3) is 1.32. The minimum atomic E-state index is -0.525. The summed E-state index contributed by atoms with van der Waals surface area (Å²) in [5, 5.41) is 0. The van der Waals surface area contributed by atoms with Gasteiger partial charge in [-0.2, -0.15) is 0 Å². The number of hydrogen-bond acceptors (Lipinski definition) is 2. The lowest BCUT2D eigenvalue weighted by Crippen LogP contribution is -2.51. The van der Waals surface area contributed by atoms with Gasteiger partial charge in [0.05, 0.1) is 9.11 Å². The Bertz CT molecular complexity index is 965. The number of rotatable bonds is 1. The fourth-order valence-electron chi connectivity index (χ4n) is 4.65.